The van der Waals surface area contributed by atoms with Gasteiger partial charge in [-0.1, -0.05) is 30.3 Å². The molecule has 98 valence electrons. The van der Waals surface area contributed by atoms with Crippen molar-refractivity contribution in [3.8, 4) is 0 Å². The van der Waals surface area contributed by atoms with Crippen molar-refractivity contribution in [3.63, 3.8) is 0 Å². The Bertz CT molecular complexity index is 367. The molecule has 1 aromatic rings. The molecule has 0 unspecified atom stereocenters. The summed E-state index contributed by atoms with van der Waals surface area (Å²) in [5.74, 6) is -0.331. The third-order valence-electron chi connectivity index (χ3n) is 3.59. The van der Waals surface area contributed by atoms with Gasteiger partial charge in [0.2, 0.25) is 0 Å². The van der Waals surface area contributed by atoms with Gasteiger partial charge in [0.05, 0.1) is 12.7 Å². The van der Waals surface area contributed by atoms with Gasteiger partial charge in [-0.3, -0.25) is 4.79 Å². The molecule has 1 aromatic carbocycles. The normalized spacial score (nSPS) is 23.8. The Kier molecular flexibility index (Phi) is 4.76. The smallest absolute Gasteiger partial charge is 0.303 e. The number of aliphatic carboxylic acids is 1. The van der Waals surface area contributed by atoms with E-state index in [1.807, 2.05) is 18.2 Å². The van der Waals surface area contributed by atoms with Crippen LogP contribution in [0, 0.1) is 5.92 Å². The van der Waals surface area contributed by atoms with Crippen LogP contribution in [-0.2, 0) is 16.1 Å². The standard InChI is InChI=1S/C15H20O3/c16-15(17)10-12-6-8-14(9-7-12)18-11-13-4-2-1-3-5-13/h1-5,12,14H,6-11H2,(H,16,17). The Balaban J connectivity index is 1.69. The highest BCUT2D eigenvalue weighted by molar-refractivity contribution is 5.67. The highest BCUT2D eigenvalue weighted by Crippen LogP contribution is 2.28. The molecule has 0 bridgehead atoms. The Morgan fingerprint density at radius 1 is 1.17 bits per heavy atom. The number of benzene rings is 1. The molecule has 1 saturated carbocycles. The van der Waals surface area contributed by atoms with Crippen LogP contribution in [0.3, 0.4) is 0 Å². The topological polar surface area (TPSA) is 46.5 Å². The molecule has 0 saturated heterocycles. The molecule has 0 aromatic heterocycles. The highest BCUT2D eigenvalue weighted by atomic mass is 16.5. The van der Waals surface area contributed by atoms with Gasteiger partial charge in [-0.25, -0.2) is 0 Å². The average molecular weight is 248 g/mol. The summed E-state index contributed by atoms with van der Waals surface area (Å²) in [6.45, 7) is 0.662. The lowest BCUT2D eigenvalue weighted by atomic mass is 9.85. The number of hydrogen-bond donors (Lipinski definition) is 1. The summed E-state index contributed by atoms with van der Waals surface area (Å²) in [6.07, 6.45) is 4.55. The van der Waals surface area contributed by atoms with E-state index in [1.54, 1.807) is 0 Å². The van der Waals surface area contributed by atoms with E-state index in [-0.39, 0.29) is 0 Å². The number of carbonyl (C=O) groups is 1. The van der Waals surface area contributed by atoms with Crippen LogP contribution in [0.15, 0.2) is 30.3 Å². The number of carboxylic acids is 1. The minimum atomic E-state index is -0.677. The Hall–Kier alpha value is -1.35. The SMILES string of the molecule is O=C(O)CC1CCC(OCc2ccccc2)CC1. The van der Waals surface area contributed by atoms with Crippen LogP contribution < -0.4 is 0 Å². The van der Waals surface area contributed by atoms with Gasteiger partial charge >= 0.3 is 5.97 Å². The molecule has 1 aliphatic rings. The van der Waals surface area contributed by atoms with Crippen molar-refractivity contribution in [1.82, 2.24) is 0 Å². The predicted octanol–water partition coefficient (Wildman–Crippen LogP) is 3.24. The maximum absolute atomic E-state index is 10.6. The van der Waals surface area contributed by atoms with Gasteiger partial charge in [-0.2, -0.15) is 0 Å². The van der Waals surface area contributed by atoms with Crippen LogP contribution in [0.4, 0.5) is 0 Å². The summed E-state index contributed by atoms with van der Waals surface area (Å²) in [7, 11) is 0. The molecule has 2 rings (SSSR count). The first kappa shape index (κ1) is 13.1. The van der Waals surface area contributed by atoms with E-state index < -0.39 is 5.97 Å². The molecule has 18 heavy (non-hydrogen) atoms. The molecule has 1 aliphatic carbocycles. The second-order valence-electron chi connectivity index (χ2n) is 5.04. The largest absolute Gasteiger partial charge is 0.481 e. The fraction of sp³-hybridized carbons (Fsp3) is 0.533. The molecule has 1 N–H and O–H groups in total. The maximum atomic E-state index is 10.6. The number of ether oxygens (including phenoxy) is 1. The minimum absolute atomic E-state index is 0.301. The van der Waals surface area contributed by atoms with Crippen LogP contribution in [0.1, 0.15) is 37.7 Å². The Labute approximate surface area is 108 Å². The van der Waals surface area contributed by atoms with Crippen molar-refractivity contribution in [2.45, 2.75) is 44.8 Å². The number of hydrogen-bond acceptors (Lipinski definition) is 2. The summed E-state index contributed by atoms with van der Waals surface area (Å²) in [6, 6.07) is 10.2. The molecule has 0 heterocycles. The second kappa shape index (κ2) is 6.55. The van der Waals surface area contributed by atoms with Gasteiger partial charge < -0.3 is 9.84 Å². The fourth-order valence-corrected chi connectivity index (χ4v) is 2.54. The molecule has 3 nitrogen and oxygen atoms in total. The summed E-state index contributed by atoms with van der Waals surface area (Å²) < 4.78 is 5.87. The first-order valence-electron chi connectivity index (χ1n) is 6.61. The van der Waals surface area contributed by atoms with Crippen molar-refractivity contribution >= 4 is 5.97 Å². The maximum Gasteiger partial charge on any atom is 0.303 e. The van der Waals surface area contributed by atoms with E-state index in [0.29, 0.717) is 25.0 Å². The van der Waals surface area contributed by atoms with Crippen molar-refractivity contribution in [2.75, 3.05) is 0 Å². The highest BCUT2D eigenvalue weighted by Gasteiger charge is 2.23. The van der Waals surface area contributed by atoms with Gasteiger partial charge in [0.1, 0.15) is 0 Å². The third-order valence-corrected chi connectivity index (χ3v) is 3.59. The zero-order valence-corrected chi connectivity index (χ0v) is 10.5. The monoisotopic (exact) mass is 248 g/mol. The molecule has 1 fully saturated rings. The molecule has 0 spiro atoms. The van der Waals surface area contributed by atoms with E-state index in [0.717, 1.165) is 25.7 Å². The summed E-state index contributed by atoms with van der Waals surface area (Å²) in [5, 5.41) is 8.75. The summed E-state index contributed by atoms with van der Waals surface area (Å²) in [4.78, 5) is 10.6. The van der Waals surface area contributed by atoms with E-state index >= 15 is 0 Å². The van der Waals surface area contributed by atoms with Crippen molar-refractivity contribution < 1.29 is 14.6 Å². The van der Waals surface area contributed by atoms with Gasteiger partial charge in [0.25, 0.3) is 0 Å². The quantitative estimate of drug-likeness (QED) is 0.870. The molecular weight excluding hydrogens is 228 g/mol. The van der Waals surface area contributed by atoms with Crippen LogP contribution in [0.5, 0.6) is 0 Å². The van der Waals surface area contributed by atoms with Gasteiger partial charge in [-0.15, -0.1) is 0 Å². The lowest BCUT2D eigenvalue weighted by Gasteiger charge is -2.27. The van der Waals surface area contributed by atoms with Crippen molar-refractivity contribution in [1.29, 1.82) is 0 Å². The Morgan fingerprint density at radius 3 is 2.44 bits per heavy atom. The van der Waals surface area contributed by atoms with Crippen LogP contribution in [0.2, 0.25) is 0 Å². The van der Waals surface area contributed by atoms with Gasteiger partial charge in [-0.05, 0) is 37.2 Å². The van der Waals surface area contributed by atoms with Crippen molar-refractivity contribution in [2.24, 2.45) is 5.92 Å². The number of carboxylic acid groups (broad SMARTS) is 1. The molecule has 0 atom stereocenters. The first-order valence-corrected chi connectivity index (χ1v) is 6.61. The third kappa shape index (κ3) is 4.15. The average Bonchev–Trinajstić information content (AvgIpc) is 2.38. The zero-order valence-electron chi connectivity index (χ0n) is 10.5. The zero-order chi connectivity index (χ0) is 12.8. The van der Waals surface area contributed by atoms with E-state index in [2.05, 4.69) is 12.1 Å². The van der Waals surface area contributed by atoms with Crippen molar-refractivity contribution in [3.05, 3.63) is 35.9 Å². The van der Waals surface area contributed by atoms with Crippen LogP contribution >= 0.6 is 0 Å². The lowest BCUT2D eigenvalue weighted by molar-refractivity contribution is -0.138. The molecule has 0 aliphatic heterocycles. The summed E-state index contributed by atoms with van der Waals surface area (Å²) >= 11 is 0. The molecule has 3 heteroatoms. The van der Waals surface area contributed by atoms with Crippen LogP contribution in [0.25, 0.3) is 0 Å². The minimum Gasteiger partial charge on any atom is -0.481 e. The van der Waals surface area contributed by atoms with E-state index in [1.165, 1.54) is 5.56 Å². The van der Waals surface area contributed by atoms with Crippen LogP contribution in [-0.4, -0.2) is 17.2 Å². The molecule has 0 radical (unpaired) electrons. The van der Waals surface area contributed by atoms with Gasteiger partial charge in [0.15, 0.2) is 0 Å². The predicted molar refractivity (Wildman–Crippen MR) is 69.2 cm³/mol. The molecular formula is C15H20O3. The van der Waals surface area contributed by atoms with E-state index in [4.69, 9.17) is 9.84 Å². The molecule has 0 amide bonds. The number of rotatable bonds is 5. The first-order chi connectivity index (χ1) is 8.74. The second-order valence-corrected chi connectivity index (χ2v) is 5.04. The van der Waals surface area contributed by atoms with E-state index in [9.17, 15) is 4.79 Å². The Morgan fingerprint density at radius 2 is 1.83 bits per heavy atom. The summed E-state index contributed by atoms with van der Waals surface area (Å²) in [5.41, 5.74) is 1.20. The van der Waals surface area contributed by atoms with Gasteiger partial charge in [0, 0.05) is 6.42 Å². The fourth-order valence-electron chi connectivity index (χ4n) is 2.54. The lowest BCUT2D eigenvalue weighted by Crippen LogP contribution is -2.23.